The molecule has 0 saturated carbocycles. The molecular formula is C28H25F4NO3. The molecule has 8 heteroatoms. The largest absolute Gasteiger partial charge is 0.416 e. The average molecular weight is 500 g/mol. The standard InChI is InChI=1S/C28H25F4NO3/c1-15(36-4)25-24(26(35)17-5-9-18(10-6-17)28(30,31)32)22(16-7-11-19(29)12-8-16)23-20(33-25)13-27(2,3)14-21(23)34/h5-12,15H,13-14H2,1-4H3. The first-order valence-corrected chi connectivity index (χ1v) is 11.4. The Kier molecular flexibility index (Phi) is 6.60. The first-order valence-electron chi connectivity index (χ1n) is 11.4. The van der Waals surface area contributed by atoms with E-state index in [4.69, 9.17) is 9.72 Å². The molecule has 1 atom stereocenters. The quantitative estimate of drug-likeness (QED) is 0.280. The lowest BCUT2D eigenvalue weighted by Crippen LogP contribution is -2.30. The summed E-state index contributed by atoms with van der Waals surface area (Å²) in [6.45, 7) is 5.60. The first-order chi connectivity index (χ1) is 16.8. The second kappa shape index (κ2) is 9.24. The van der Waals surface area contributed by atoms with Crippen LogP contribution < -0.4 is 0 Å². The molecule has 0 bridgehead atoms. The Labute approximate surface area is 206 Å². The van der Waals surface area contributed by atoms with Crippen molar-refractivity contribution in [1.29, 1.82) is 0 Å². The number of hydrogen-bond donors (Lipinski definition) is 0. The van der Waals surface area contributed by atoms with Crippen molar-refractivity contribution in [2.75, 3.05) is 7.11 Å². The Morgan fingerprint density at radius 1 is 1.00 bits per heavy atom. The molecule has 4 rings (SSSR count). The predicted octanol–water partition coefficient (Wildman–Crippen LogP) is 7.00. The molecule has 0 amide bonds. The van der Waals surface area contributed by atoms with Gasteiger partial charge in [0.25, 0.3) is 0 Å². The van der Waals surface area contributed by atoms with E-state index in [0.29, 0.717) is 23.2 Å². The van der Waals surface area contributed by atoms with Gasteiger partial charge in [0.05, 0.1) is 28.6 Å². The maximum atomic E-state index is 13.9. The summed E-state index contributed by atoms with van der Waals surface area (Å²) in [6, 6.07) is 9.28. The normalized spacial score (nSPS) is 15.9. The van der Waals surface area contributed by atoms with E-state index in [2.05, 4.69) is 0 Å². The number of ketones is 2. The number of Topliss-reactive ketones (excluding diaryl/α,β-unsaturated/α-hetero) is 1. The predicted molar refractivity (Wildman–Crippen MR) is 126 cm³/mol. The molecule has 188 valence electrons. The summed E-state index contributed by atoms with van der Waals surface area (Å²) in [4.78, 5) is 32.0. The zero-order valence-corrected chi connectivity index (χ0v) is 20.3. The number of methoxy groups -OCH3 is 1. The number of nitrogens with zero attached hydrogens (tertiary/aromatic N) is 1. The van der Waals surface area contributed by atoms with Crippen molar-refractivity contribution in [2.24, 2.45) is 5.41 Å². The van der Waals surface area contributed by atoms with Crippen molar-refractivity contribution in [3.05, 3.63) is 88.0 Å². The van der Waals surface area contributed by atoms with Crippen LogP contribution >= 0.6 is 0 Å². The van der Waals surface area contributed by atoms with E-state index in [-0.39, 0.29) is 40.0 Å². The Morgan fingerprint density at radius 3 is 2.17 bits per heavy atom. The third-order valence-corrected chi connectivity index (χ3v) is 6.44. The van der Waals surface area contributed by atoms with Crippen LogP contribution in [0, 0.1) is 11.2 Å². The monoisotopic (exact) mass is 499 g/mol. The van der Waals surface area contributed by atoms with E-state index in [1.807, 2.05) is 13.8 Å². The molecule has 0 aliphatic heterocycles. The highest BCUT2D eigenvalue weighted by Crippen LogP contribution is 2.43. The molecule has 1 aliphatic rings. The lowest BCUT2D eigenvalue weighted by Gasteiger charge is -2.32. The van der Waals surface area contributed by atoms with Gasteiger partial charge < -0.3 is 4.74 Å². The molecular weight excluding hydrogens is 474 g/mol. The highest BCUT2D eigenvalue weighted by Gasteiger charge is 2.38. The van der Waals surface area contributed by atoms with Crippen LogP contribution in [0.4, 0.5) is 17.6 Å². The number of rotatable bonds is 5. The number of pyridine rings is 1. The number of halogens is 4. The number of carbonyl (C=O) groups is 2. The van der Waals surface area contributed by atoms with Gasteiger partial charge >= 0.3 is 6.18 Å². The Bertz CT molecular complexity index is 1330. The van der Waals surface area contributed by atoms with Crippen LogP contribution in [0.5, 0.6) is 0 Å². The van der Waals surface area contributed by atoms with Gasteiger partial charge in [0.1, 0.15) is 5.82 Å². The summed E-state index contributed by atoms with van der Waals surface area (Å²) < 4.78 is 58.6. The molecule has 0 N–H and O–H groups in total. The lowest BCUT2D eigenvalue weighted by molar-refractivity contribution is -0.137. The molecule has 0 radical (unpaired) electrons. The molecule has 0 spiro atoms. The van der Waals surface area contributed by atoms with Gasteiger partial charge in [-0.1, -0.05) is 38.1 Å². The Morgan fingerprint density at radius 2 is 1.61 bits per heavy atom. The lowest BCUT2D eigenvalue weighted by atomic mass is 9.72. The molecule has 4 nitrogen and oxygen atoms in total. The molecule has 0 fully saturated rings. The van der Waals surface area contributed by atoms with Crippen LogP contribution in [-0.4, -0.2) is 23.7 Å². The van der Waals surface area contributed by atoms with Crippen LogP contribution in [0.1, 0.15) is 76.5 Å². The third kappa shape index (κ3) is 4.82. The van der Waals surface area contributed by atoms with Gasteiger partial charge in [-0.25, -0.2) is 4.39 Å². The summed E-state index contributed by atoms with van der Waals surface area (Å²) in [6.07, 6.45) is -4.52. The fourth-order valence-corrected chi connectivity index (χ4v) is 4.62. The van der Waals surface area contributed by atoms with Gasteiger partial charge in [0.15, 0.2) is 11.6 Å². The summed E-state index contributed by atoms with van der Waals surface area (Å²) in [5, 5.41) is 0. The number of fused-ring (bicyclic) bond motifs is 1. The van der Waals surface area contributed by atoms with E-state index >= 15 is 0 Å². The summed E-state index contributed by atoms with van der Waals surface area (Å²) in [5.41, 5.74) is 0.608. The van der Waals surface area contributed by atoms with Crippen molar-refractivity contribution in [3.8, 4) is 11.1 Å². The molecule has 1 aromatic heterocycles. The fraction of sp³-hybridized carbons (Fsp3) is 0.321. The van der Waals surface area contributed by atoms with Gasteiger partial charge in [-0.05, 0) is 48.6 Å². The minimum Gasteiger partial charge on any atom is -0.375 e. The fourth-order valence-electron chi connectivity index (χ4n) is 4.62. The van der Waals surface area contributed by atoms with Crippen LogP contribution in [0.3, 0.4) is 0 Å². The number of ether oxygens (including phenoxy) is 1. The van der Waals surface area contributed by atoms with E-state index < -0.39 is 29.4 Å². The zero-order valence-electron chi connectivity index (χ0n) is 20.3. The van der Waals surface area contributed by atoms with E-state index in [9.17, 15) is 27.2 Å². The van der Waals surface area contributed by atoms with Crippen molar-refractivity contribution < 1.29 is 31.9 Å². The highest BCUT2D eigenvalue weighted by atomic mass is 19.4. The van der Waals surface area contributed by atoms with Crippen LogP contribution in [0.2, 0.25) is 0 Å². The van der Waals surface area contributed by atoms with E-state index in [1.165, 1.54) is 31.4 Å². The van der Waals surface area contributed by atoms with Crippen LogP contribution in [0.15, 0.2) is 48.5 Å². The number of hydrogen-bond acceptors (Lipinski definition) is 4. The summed E-state index contributed by atoms with van der Waals surface area (Å²) in [5.74, 6) is -1.30. The molecule has 36 heavy (non-hydrogen) atoms. The Balaban J connectivity index is 2.03. The van der Waals surface area contributed by atoms with Gasteiger partial charge in [-0.15, -0.1) is 0 Å². The van der Waals surface area contributed by atoms with E-state index in [0.717, 1.165) is 24.3 Å². The molecule has 0 saturated heterocycles. The van der Waals surface area contributed by atoms with Crippen molar-refractivity contribution in [1.82, 2.24) is 4.98 Å². The number of carbonyl (C=O) groups excluding carboxylic acids is 2. The second-order valence-corrected chi connectivity index (χ2v) is 9.80. The molecule has 2 aromatic carbocycles. The van der Waals surface area contributed by atoms with Crippen LogP contribution in [-0.2, 0) is 17.3 Å². The molecule has 1 aliphatic carbocycles. The molecule has 1 heterocycles. The van der Waals surface area contributed by atoms with Crippen molar-refractivity contribution >= 4 is 11.6 Å². The minimum atomic E-state index is -4.55. The maximum Gasteiger partial charge on any atom is 0.416 e. The topological polar surface area (TPSA) is 56.3 Å². The summed E-state index contributed by atoms with van der Waals surface area (Å²) in [7, 11) is 1.45. The minimum absolute atomic E-state index is 0.00116. The molecule has 1 unspecified atom stereocenters. The van der Waals surface area contributed by atoms with Crippen molar-refractivity contribution in [2.45, 2.75) is 45.9 Å². The van der Waals surface area contributed by atoms with Gasteiger partial charge in [0.2, 0.25) is 0 Å². The van der Waals surface area contributed by atoms with Gasteiger partial charge in [-0.3, -0.25) is 14.6 Å². The first kappa shape index (κ1) is 25.7. The van der Waals surface area contributed by atoms with E-state index in [1.54, 1.807) is 6.92 Å². The van der Waals surface area contributed by atoms with Crippen LogP contribution in [0.25, 0.3) is 11.1 Å². The number of alkyl halides is 3. The number of aromatic nitrogens is 1. The number of benzene rings is 2. The Hall–Kier alpha value is -3.39. The maximum absolute atomic E-state index is 13.9. The zero-order chi connectivity index (χ0) is 26.4. The third-order valence-electron chi connectivity index (χ3n) is 6.44. The highest BCUT2D eigenvalue weighted by molar-refractivity contribution is 6.17. The average Bonchev–Trinajstić information content (AvgIpc) is 2.81. The molecule has 3 aromatic rings. The van der Waals surface area contributed by atoms with Gasteiger partial charge in [0, 0.05) is 30.2 Å². The smallest absolute Gasteiger partial charge is 0.375 e. The second-order valence-electron chi connectivity index (χ2n) is 9.80. The van der Waals surface area contributed by atoms with Gasteiger partial charge in [-0.2, -0.15) is 13.2 Å². The van der Waals surface area contributed by atoms with Crippen molar-refractivity contribution in [3.63, 3.8) is 0 Å². The summed E-state index contributed by atoms with van der Waals surface area (Å²) >= 11 is 0. The SMILES string of the molecule is COC(C)c1nc2c(c(-c3ccc(F)cc3)c1C(=O)c1ccc(C(F)(F)F)cc1)C(=O)CC(C)(C)C2.